The number of nitriles is 1. The van der Waals surface area contributed by atoms with Gasteiger partial charge in [0.1, 0.15) is 17.9 Å². The molecule has 1 aromatic heterocycles. The number of carbonyl (C=O) groups is 1. The van der Waals surface area contributed by atoms with Crippen molar-refractivity contribution in [2.45, 2.75) is 45.1 Å². The quantitative estimate of drug-likeness (QED) is 0.455. The van der Waals surface area contributed by atoms with Gasteiger partial charge in [-0.3, -0.25) is 9.89 Å². The second kappa shape index (κ2) is 8.67. The first kappa shape index (κ1) is 17.5. The summed E-state index contributed by atoms with van der Waals surface area (Å²) in [5, 5.41) is 19.3. The van der Waals surface area contributed by atoms with Crippen molar-refractivity contribution in [2.24, 2.45) is 4.99 Å². The van der Waals surface area contributed by atoms with Crippen molar-refractivity contribution in [3.05, 3.63) is 35.3 Å². The van der Waals surface area contributed by atoms with Crippen LogP contribution in [0.3, 0.4) is 0 Å². The molecule has 1 aromatic rings. The third-order valence-corrected chi connectivity index (χ3v) is 3.98. The molecule has 0 aromatic carbocycles. The van der Waals surface area contributed by atoms with Gasteiger partial charge in [-0.1, -0.05) is 12.2 Å². The highest BCUT2D eigenvalue weighted by atomic mass is 16.5. The predicted octanol–water partition coefficient (Wildman–Crippen LogP) is 3.03. The van der Waals surface area contributed by atoms with Gasteiger partial charge in [-0.25, -0.2) is 4.99 Å². The number of hydrogen-bond donors (Lipinski definition) is 2. The number of aliphatic imine (C=N–C) groups is 1. The van der Waals surface area contributed by atoms with Crippen LogP contribution in [0.4, 0.5) is 5.82 Å². The summed E-state index contributed by atoms with van der Waals surface area (Å²) in [6.07, 6.45) is 7.74. The Balaban J connectivity index is 1.98. The molecule has 2 unspecified atom stereocenters. The topological polar surface area (TPSA) is 103 Å². The van der Waals surface area contributed by atoms with E-state index in [1.54, 1.807) is 19.2 Å². The average molecular weight is 327 g/mol. The molecule has 0 spiro atoms. The normalized spacial score (nSPS) is 21.7. The van der Waals surface area contributed by atoms with Gasteiger partial charge in [0.05, 0.1) is 11.9 Å². The van der Waals surface area contributed by atoms with Gasteiger partial charge in [-0.15, -0.1) is 0 Å². The number of H-pyrrole nitrogens is 1. The van der Waals surface area contributed by atoms with Crippen molar-refractivity contribution in [3.63, 3.8) is 0 Å². The summed E-state index contributed by atoms with van der Waals surface area (Å²) in [6, 6.07) is 3.95. The molecule has 7 heteroatoms. The molecule has 126 valence electrons. The van der Waals surface area contributed by atoms with Crippen molar-refractivity contribution in [2.75, 3.05) is 5.32 Å². The van der Waals surface area contributed by atoms with Crippen molar-refractivity contribution in [1.29, 1.82) is 5.26 Å². The van der Waals surface area contributed by atoms with Crippen LogP contribution in [-0.2, 0) is 9.53 Å². The lowest BCUT2D eigenvalue weighted by atomic mass is 10.0. The molecule has 1 aliphatic carbocycles. The van der Waals surface area contributed by atoms with Crippen LogP contribution in [-0.4, -0.2) is 29.0 Å². The molecule has 1 heterocycles. The smallest absolute Gasteiger partial charge is 0.293 e. The van der Waals surface area contributed by atoms with Gasteiger partial charge >= 0.3 is 0 Å². The van der Waals surface area contributed by atoms with E-state index < -0.39 is 0 Å². The van der Waals surface area contributed by atoms with E-state index in [0.717, 1.165) is 30.7 Å². The molecule has 1 aliphatic rings. The zero-order valence-corrected chi connectivity index (χ0v) is 13.8. The lowest BCUT2D eigenvalue weighted by Crippen LogP contribution is -2.06. The Morgan fingerprint density at radius 2 is 2.33 bits per heavy atom. The third kappa shape index (κ3) is 4.56. The number of aromatic nitrogens is 2. The summed E-state index contributed by atoms with van der Waals surface area (Å²) in [7, 11) is 0. The Labute approximate surface area is 141 Å². The minimum atomic E-state index is -0.00400. The molecule has 0 radical (unpaired) electrons. The van der Waals surface area contributed by atoms with E-state index in [-0.39, 0.29) is 6.10 Å². The molecule has 0 amide bonds. The fourth-order valence-corrected chi connectivity index (χ4v) is 2.67. The molecule has 24 heavy (non-hydrogen) atoms. The zero-order chi connectivity index (χ0) is 17.4. The van der Waals surface area contributed by atoms with Crippen molar-refractivity contribution in [3.8, 4) is 6.07 Å². The van der Waals surface area contributed by atoms with Crippen LogP contribution in [0.1, 0.15) is 44.7 Å². The molecule has 2 atom stereocenters. The Morgan fingerprint density at radius 1 is 1.50 bits per heavy atom. The highest BCUT2D eigenvalue weighted by molar-refractivity contribution is 5.83. The summed E-state index contributed by atoms with van der Waals surface area (Å²) in [6.45, 7) is 4.16. The number of carbonyl (C=O) groups excluding carboxylic acids is 1. The van der Waals surface area contributed by atoms with Crippen LogP contribution in [0.2, 0.25) is 0 Å². The SMILES string of the molecule is CC=C(C=N/C(C#N)=C\C)Nc1cc(C2CCC(OC=O)C2)[nH]n1. The first-order valence-electron chi connectivity index (χ1n) is 7.88. The summed E-state index contributed by atoms with van der Waals surface area (Å²) < 4.78 is 5.03. The van der Waals surface area contributed by atoms with Crippen LogP contribution in [0.25, 0.3) is 0 Å². The maximum atomic E-state index is 10.4. The molecular weight excluding hydrogens is 306 g/mol. The number of nitrogens with zero attached hydrogens (tertiary/aromatic N) is 3. The molecule has 1 fully saturated rings. The number of allylic oxidation sites excluding steroid dienone is 4. The second-order valence-corrected chi connectivity index (χ2v) is 5.49. The second-order valence-electron chi connectivity index (χ2n) is 5.49. The van der Waals surface area contributed by atoms with Gasteiger partial charge in [0, 0.05) is 17.7 Å². The van der Waals surface area contributed by atoms with Gasteiger partial charge in [0.25, 0.3) is 6.47 Å². The standard InChI is InChI=1S/C17H21N5O2/c1-3-13(9-18)19-10-14(4-2)20-17-8-16(21-22-17)12-5-6-15(7-12)24-11-23/h3-4,8,10-12,15H,5-7H2,1-2H3,(H2,20,21,22)/b13-3-,14-4?,19-10?. The van der Waals surface area contributed by atoms with E-state index in [0.29, 0.717) is 23.9 Å². The Morgan fingerprint density at radius 3 is 3.00 bits per heavy atom. The number of hydrogen-bond acceptors (Lipinski definition) is 6. The Bertz CT molecular complexity index is 696. The highest BCUT2D eigenvalue weighted by Gasteiger charge is 2.28. The maximum Gasteiger partial charge on any atom is 0.293 e. The van der Waals surface area contributed by atoms with Crippen LogP contribution in [0.5, 0.6) is 0 Å². The van der Waals surface area contributed by atoms with Crippen molar-refractivity contribution in [1.82, 2.24) is 10.2 Å². The Kier molecular flexibility index (Phi) is 6.32. The van der Waals surface area contributed by atoms with Crippen LogP contribution in [0.15, 0.2) is 34.6 Å². The van der Waals surface area contributed by atoms with Gasteiger partial charge in [-0.2, -0.15) is 10.4 Å². The fourth-order valence-electron chi connectivity index (χ4n) is 2.67. The molecule has 0 bridgehead atoms. The van der Waals surface area contributed by atoms with Gasteiger partial charge in [0.15, 0.2) is 5.82 Å². The van der Waals surface area contributed by atoms with Crippen LogP contribution < -0.4 is 5.32 Å². The lowest BCUT2D eigenvalue weighted by molar-refractivity contribution is -0.133. The maximum absolute atomic E-state index is 10.4. The summed E-state index contributed by atoms with van der Waals surface area (Å²) in [5.74, 6) is 0.997. The monoisotopic (exact) mass is 327 g/mol. The summed E-state index contributed by atoms with van der Waals surface area (Å²) >= 11 is 0. The zero-order valence-electron chi connectivity index (χ0n) is 13.8. The van der Waals surface area contributed by atoms with Gasteiger partial charge in [0.2, 0.25) is 0 Å². The highest BCUT2D eigenvalue weighted by Crippen LogP contribution is 2.35. The number of nitrogens with one attached hydrogen (secondary N) is 2. The van der Waals surface area contributed by atoms with Crippen LogP contribution >= 0.6 is 0 Å². The molecule has 7 nitrogen and oxygen atoms in total. The van der Waals surface area contributed by atoms with E-state index in [9.17, 15) is 4.79 Å². The van der Waals surface area contributed by atoms with E-state index in [4.69, 9.17) is 10.00 Å². The number of anilines is 1. The van der Waals surface area contributed by atoms with E-state index >= 15 is 0 Å². The first-order valence-corrected chi connectivity index (χ1v) is 7.88. The summed E-state index contributed by atoms with van der Waals surface area (Å²) in [5.41, 5.74) is 2.12. The minimum absolute atomic E-state index is 0.00400. The largest absolute Gasteiger partial charge is 0.465 e. The number of rotatable bonds is 7. The average Bonchev–Trinajstić information content (AvgIpc) is 3.24. The molecule has 0 saturated heterocycles. The molecule has 2 N–H and O–H groups in total. The minimum Gasteiger partial charge on any atom is -0.465 e. The number of ether oxygens (including phenoxy) is 1. The molecular formula is C17H21N5O2. The van der Waals surface area contributed by atoms with Crippen molar-refractivity contribution >= 4 is 18.5 Å². The van der Waals surface area contributed by atoms with Gasteiger partial charge in [-0.05, 0) is 33.1 Å². The van der Waals surface area contributed by atoms with E-state index in [1.165, 1.54) is 0 Å². The number of aromatic amines is 1. The lowest BCUT2D eigenvalue weighted by Gasteiger charge is -2.07. The molecule has 2 rings (SSSR count). The first-order chi connectivity index (χ1) is 11.7. The molecule has 0 aliphatic heterocycles. The van der Waals surface area contributed by atoms with E-state index in [1.807, 2.05) is 25.1 Å². The fraction of sp³-hybridized carbons (Fsp3) is 0.412. The molecule has 1 saturated carbocycles. The van der Waals surface area contributed by atoms with Crippen LogP contribution in [0, 0.1) is 11.3 Å². The third-order valence-electron chi connectivity index (χ3n) is 3.98. The summed E-state index contributed by atoms with van der Waals surface area (Å²) in [4.78, 5) is 14.5. The predicted molar refractivity (Wildman–Crippen MR) is 91.4 cm³/mol. The van der Waals surface area contributed by atoms with E-state index in [2.05, 4.69) is 20.5 Å². The Hall–Kier alpha value is -2.88. The van der Waals surface area contributed by atoms with Gasteiger partial charge < -0.3 is 10.1 Å². The van der Waals surface area contributed by atoms with Crippen molar-refractivity contribution < 1.29 is 9.53 Å².